The van der Waals surface area contributed by atoms with E-state index >= 15 is 0 Å². The van der Waals surface area contributed by atoms with Crippen LogP contribution in [0.3, 0.4) is 0 Å². The molecule has 1 saturated heterocycles. The number of likely N-dealkylation sites (tertiary alicyclic amines) is 1. The molecule has 0 aliphatic carbocycles. The Balaban J connectivity index is 2.10. The minimum atomic E-state index is -0.405. The summed E-state index contributed by atoms with van der Waals surface area (Å²) in [5.74, 6) is 0.717. The van der Waals surface area contributed by atoms with E-state index in [0.29, 0.717) is 12.5 Å². The lowest BCUT2D eigenvalue weighted by Crippen LogP contribution is -2.42. The van der Waals surface area contributed by atoms with Crippen molar-refractivity contribution in [1.29, 1.82) is 0 Å². The third kappa shape index (κ3) is 2.38. The van der Waals surface area contributed by atoms with Gasteiger partial charge in [-0.1, -0.05) is 6.07 Å². The molecule has 3 nitrogen and oxygen atoms in total. The Labute approximate surface area is 107 Å². The molecule has 17 heavy (non-hydrogen) atoms. The number of carbonyl (C=O) groups is 1. The fourth-order valence-electron chi connectivity index (χ4n) is 2.34. The van der Waals surface area contributed by atoms with Gasteiger partial charge in [-0.15, -0.1) is 11.3 Å². The van der Waals surface area contributed by atoms with Crippen LogP contribution >= 0.6 is 11.3 Å². The first-order chi connectivity index (χ1) is 8.05. The largest absolute Gasteiger partial charge is 0.342 e. The number of amides is 1. The lowest BCUT2D eigenvalue weighted by Gasteiger charge is -2.28. The van der Waals surface area contributed by atoms with E-state index in [2.05, 4.69) is 0 Å². The molecule has 94 valence electrons. The van der Waals surface area contributed by atoms with Crippen LogP contribution in [0.2, 0.25) is 0 Å². The highest BCUT2D eigenvalue weighted by atomic mass is 32.1. The van der Waals surface area contributed by atoms with E-state index in [1.54, 1.807) is 11.3 Å². The van der Waals surface area contributed by atoms with E-state index in [1.165, 1.54) is 0 Å². The average Bonchev–Trinajstić information content (AvgIpc) is 2.99. The topological polar surface area (TPSA) is 46.3 Å². The van der Waals surface area contributed by atoms with Gasteiger partial charge in [-0.05, 0) is 44.2 Å². The predicted molar refractivity (Wildman–Crippen MR) is 71.1 cm³/mol. The monoisotopic (exact) mass is 252 g/mol. The van der Waals surface area contributed by atoms with Crippen molar-refractivity contribution in [2.75, 3.05) is 19.6 Å². The molecule has 1 aliphatic rings. The fourth-order valence-corrected chi connectivity index (χ4v) is 3.19. The second-order valence-electron chi connectivity index (χ2n) is 5.24. The van der Waals surface area contributed by atoms with Crippen LogP contribution in [-0.4, -0.2) is 30.4 Å². The Kier molecular flexibility index (Phi) is 3.54. The zero-order valence-corrected chi connectivity index (χ0v) is 11.3. The number of nitrogens with zero attached hydrogens (tertiary/aromatic N) is 1. The summed E-state index contributed by atoms with van der Waals surface area (Å²) in [5, 5.41) is 2.02. The van der Waals surface area contributed by atoms with Gasteiger partial charge in [-0.25, -0.2) is 0 Å². The van der Waals surface area contributed by atoms with Crippen LogP contribution in [0.15, 0.2) is 17.5 Å². The summed E-state index contributed by atoms with van der Waals surface area (Å²) in [6.07, 6.45) is 1.04. The third-order valence-corrected chi connectivity index (χ3v) is 4.77. The highest BCUT2D eigenvalue weighted by Gasteiger charge is 2.37. The summed E-state index contributed by atoms with van der Waals surface area (Å²) in [4.78, 5) is 15.6. The fraction of sp³-hybridized carbons (Fsp3) is 0.615. The summed E-state index contributed by atoms with van der Waals surface area (Å²) in [7, 11) is 0. The number of hydrogen-bond donors (Lipinski definition) is 1. The van der Waals surface area contributed by atoms with Gasteiger partial charge in [0, 0.05) is 18.0 Å². The highest BCUT2D eigenvalue weighted by molar-refractivity contribution is 7.10. The Hall–Kier alpha value is -0.870. The smallest absolute Gasteiger partial charge is 0.233 e. The van der Waals surface area contributed by atoms with E-state index < -0.39 is 5.41 Å². The van der Waals surface area contributed by atoms with E-state index in [1.807, 2.05) is 36.3 Å². The van der Waals surface area contributed by atoms with Crippen molar-refractivity contribution in [1.82, 2.24) is 4.90 Å². The van der Waals surface area contributed by atoms with Crippen molar-refractivity contribution in [3.63, 3.8) is 0 Å². The summed E-state index contributed by atoms with van der Waals surface area (Å²) in [6.45, 7) is 6.39. The Morgan fingerprint density at radius 1 is 1.65 bits per heavy atom. The van der Waals surface area contributed by atoms with Gasteiger partial charge >= 0.3 is 0 Å². The average molecular weight is 252 g/mol. The summed E-state index contributed by atoms with van der Waals surface area (Å²) < 4.78 is 0. The molecule has 1 aromatic rings. The Bertz CT molecular complexity index is 386. The lowest BCUT2D eigenvalue weighted by atomic mass is 9.89. The zero-order chi connectivity index (χ0) is 12.5. The van der Waals surface area contributed by atoms with Crippen molar-refractivity contribution < 1.29 is 4.79 Å². The van der Waals surface area contributed by atoms with Crippen molar-refractivity contribution in [2.45, 2.75) is 25.7 Å². The molecule has 2 heterocycles. The van der Waals surface area contributed by atoms with Gasteiger partial charge in [0.15, 0.2) is 0 Å². The van der Waals surface area contributed by atoms with Gasteiger partial charge < -0.3 is 10.6 Å². The molecule has 0 spiro atoms. The normalized spacial score (nSPS) is 20.9. The van der Waals surface area contributed by atoms with Crippen LogP contribution in [0.1, 0.15) is 25.1 Å². The summed E-state index contributed by atoms with van der Waals surface area (Å²) in [6, 6.07) is 4.04. The van der Waals surface area contributed by atoms with Crippen LogP contribution in [0.25, 0.3) is 0 Å². The maximum Gasteiger partial charge on any atom is 0.233 e. The van der Waals surface area contributed by atoms with Crippen LogP contribution in [0, 0.1) is 5.92 Å². The van der Waals surface area contributed by atoms with E-state index in [-0.39, 0.29) is 5.91 Å². The molecule has 1 aromatic heterocycles. The maximum absolute atomic E-state index is 12.5. The molecule has 1 unspecified atom stereocenters. The molecule has 1 fully saturated rings. The second-order valence-corrected chi connectivity index (χ2v) is 6.19. The minimum absolute atomic E-state index is 0.232. The third-order valence-electron chi connectivity index (χ3n) is 3.58. The number of carbonyl (C=O) groups excluding carboxylic acids is 1. The number of hydrogen-bond acceptors (Lipinski definition) is 3. The molecular formula is C13H20N2OS. The standard InChI is InChI=1S/C13H20N2OS/c1-13(2,11-4-3-7-17-11)12(16)15-6-5-10(8-14)9-15/h3-4,7,10H,5-6,8-9,14H2,1-2H3. The first kappa shape index (κ1) is 12.6. The van der Waals surface area contributed by atoms with Gasteiger partial charge in [0.1, 0.15) is 0 Å². The van der Waals surface area contributed by atoms with Crippen molar-refractivity contribution in [3.05, 3.63) is 22.4 Å². The predicted octanol–water partition coefficient (Wildman–Crippen LogP) is 1.83. The first-order valence-electron chi connectivity index (χ1n) is 6.09. The quantitative estimate of drug-likeness (QED) is 0.892. The van der Waals surface area contributed by atoms with Gasteiger partial charge in [0.05, 0.1) is 5.41 Å². The van der Waals surface area contributed by atoms with E-state index in [0.717, 1.165) is 24.4 Å². The lowest BCUT2D eigenvalue weighted by molar-refractivity contribution is -0.135. The molecule has 4 heteroatoms. The molecule has 0 aromatic carbocycles. The first-order valence-corrected chi connectivity index (χ1v) is 6.97. The van der Waals surface area contributed by atoms with Crippen molar-refractivity contribution >= 4 is 17.2 Å². The molecule has 1 atom stereocenters. The van der Waals surface area contributed by atoms with Crippen molar-refractivity contribution in [2.24, 2.45) is 11.7 Å². The Morgan fingerprint density at radius 3 is 2.94 bits per heavy atom. The van der Waals surface area contributed by atoms with Gasteiger partial charge in [-0.2, -0.15) is 0 Å². The van der Waals surface area contributed by atoms with E-state index in [4.69, 9.17) is 5.73 Å². The van der Waals surface area contributed by atoms with Crippen LogP contribution in [-0.2, 0) is 10.2 Å². The zero-order valence-electron chi connectivity index (χ0n) is 10.5. The van der Waals surface area contributed by atoms with Gasteiger partial charge in [0.2, 0.25) is 5.91 Å². The molecule has 0 saturated carbocycles. The van der Waals surface area contributed by atoms with Crippen LogP contribution < -0.4 is 5.73 Å². The number of rotatable bonds is 3. The Morgan fingerprint density at radius 2 is 2.41 bits per heavy atom. The molecule has 1 aliphatic heterocycles. The molecule has 2 rings (SSSR count). The number of nitrogens with two attached hydrogens (primary N) is 1. The number of thiophene rings is 1. The maximum atomic E-state index is 12.5. The highest BCUT2D eigenvalue weighted by Crippen LogP contribution is 2.31. The summed E-state index contributed by atoms with van der Waals surface area (Å²) >= 11 is 1.65. The van der Waals surface area contributed by atoms with Crippen LogP contribution in [0.4, 0.5) is 0 Å². The van der Waals surface area contributed by atoms with Gasteiger partial charge in [-0.3, -0.25) is 4.79 Å². The summed E-state index contributed by atoms with van der Waals surface area (Å²) in [5.41, 5.74) is 5.26. The van der Waals surface area contributed by atoms with Crippen molar-refractivity contribution in [3.8, 4) is 0 Å². The van der Waals surface area contributed by atoms with E-state index in [9.17, 15) is 4.79 Å². The molecule has 0 bridgehead atoms. The van der Waals surface area contributed by atoms with Crippen LogP contribution in [0.5, 0.6) is 0 Å². The van der Waals surface area contributed by atoms with Gasteiger partial charge in [0.25, 0.3) is 0 Å². The molecular weight excluding hydrogens is 232 g/mol. The minimum Gasteiger partial charge on any atom is -0.342 e. The SMILES string of the molecule is CC(C)(C(=O)N1CCC(CN)C1)c1cccs1. The second kappa shape index (κ2) is 4.78. The molecule has 1 amide bonds. The molecule has 0 radical (unpaired) electrons. The molecule has 2 N–H and O–H groups in total.